The number of halogens is 1. The van der Waals surface area contributed by atoms with Crippen LogP contribution in [0.25, 0.3) is 0 Å². The summed E-state index contributed by atoms with van der Waals surface area (Å²) in [6.45, 7) is 2.62. The number of nitrogens with zero attached hydrogens (tertiary/aromatic N) is 1. The molecule has 0 bridgehead atoms. The summed E-state index contributed by atoms with van der Waals surface area (Å²) in [4.78, 5) is 16.6. The van der Waals surface area contributed by atoms with Gasteiger partial charge in [-0.15, -0.1) is 0 Å². The molecular formula is C22H22ClN3O2. The van der Waals surface area contributed by atoms with Gasteiger partial charge in [0.1, 0.15) is 11.4 Å². The maximum absolute atomic E-state index is 12.5. The lowest BCUT2D eigenvalue weighted by molar-refractivity contribution is 0.102. The molecule has 3 rings (SSSR count). The molecule has 28 heavy (non-hydrogen) atoms. The van der Waals surface area contributed by atoms with E-state index in [1.807, 2.05) is 49.4 Å². The lowest BCUT2D eigenvalue weighted by Crippen LogP contribution is -2.14. The first-order valence-electron chi connectivity index (χ1n) is 8.96. The predicted octanol–water partition coefficient (Wildman–Crippen LogP) is 4.96. The molecule has 0 saturated heterocycles. The molecule has 0 aliphatic rings. The van der Waals surface area contributed by atoms with Gasteiger partial charge in [0.2, 0.25) is 0 Å². The van der Waals surface area contributed by atoms with E-state index in [1.165, 1.54) is 0 Å². The van der Waals surface area contributed by atoms with Gasteiger partial charge in [-0.1, -0.05) is 35.9 Å². The first-order valence-corrected chi connectivity index (χ1v) is 9.34. The number of ether oxygens (including phenoxy) is 1. The number of amides is 1. The van der Waals surface area contributed by atoms with Crippen LogP contribution in [0.15, 0.2) is 60.8 Å². The van der Waals surface area contributed by atoms with Crippen molar-refractivity contribution in [3.8, 4) is 5.75 Å². The highest BCUT2D eigenvalue weighted by atomic mass is 35.5. The summed E-state index contributed by atoms with van der Waals surface area (Å²) < 4.78 is 5.37. The normalized spacial score (nSPS) is 10.4. The van der Waals surface area contributed by atoms with Crippen LogP contribution in [0.4, 0.5) is 11.4 Å². The Morgan fingerprint density at radius 3 is 2.71 bits per heavy atom. The highest BCUT2D eigenvalue weighted by molar-refractivity contribution is 6.31. The lowest BCUT2D eigenvalue weighted by Gasteiger charge is -2.11. The average Bonchev–Trinajstić information content (AvgIpc) is 2.71. The van der Waals surface area contributed by atoms with Crippen LogP contribution in [0.5, 0.6) is 5.75 Å². The van der Waals surface area contributed by atoms with E-state index >= 15 is 0 Å². The molecule has 1 amide bonds. The van der Waals surface area contributed by atoms with Crippen LogP contribution in [0.3, 0.4) is 0 Å². The van der Waals surface area contributed by atoms with Gasteiger partial charge in [-0.2, -0.15) is 0 Å². The average molecular weight is 396 g/mol. The Morgan fingerprint density at radius 2 is 1.93 bits per heavy atom. The zero-order valence-corrected chi connectivity index (χ0v) is 16.6. The minimum atomic E-state index is -0.284. The smallest absolute Gasteiger partial charge is 0.274 e. The maximum Gasteiger partial charge on any atom is 0.274 e. The molecule has 0 unspecified atom stereocenters. The van der Waals surface area contributed by atoms with Crippen molar-refractivity contribution < 1.29 is 9.53 Å². The van der Waals surface area contributed by atoms with E-state index in [-0.39, 0.29) is 5.91 Å². The molecule has 0 atom stereocenters. The number of anilines is 2. The standard InChI is InChI=1S/C22H22ClN3O2/c1-15-7-8-18(13-19(15)23)26-22(27)20-14-17(10-12-25-20)24-11-9-16-5-3-4-6-21(16)28-2/h3-8,10,12-14H,9,11H2,1-2H3,(H,24,25)(H,26,27). The molecule has 1 heterocycles. The van der Waals surface area contributed by atoms with E-state index in [4.69, 9.17) is 16.3 Å². The Kier molecular flexibility index (Phi) is 6.50. The fourth-order valence-electron chi connectivity index (χ4n) is 2.78. The second-order valence-corrected chi connectivity index (χ2v) is 6.74. The van der Waals surface area contributed by atoms with E-state index in [1.54, 1.807) is 25.4 Å². The summed E-state index contributed by atoms with van der Waals surface area (Å²) in [6, 6.07) is 16.9. The number of para-hydroxylation sites is 1. The van der Waals surface area contributed by atoms with Gasteiger partial charge >= 0.3 is 0 Å². The third-order valence-electron chi connectivity index (χ3n) is 4.34. The van der Waals surface area contributed by atoms with Crippen molar-refractivity contribution in [2.24, 2.45) is 0 Å². The van der Waals surface area contributed by atoms with Crippen LogP contribution in [-0.2, 0) is 6.42 Å². The van der Waals surface area contributed by atoms with E-state index in [2.05, 4.69) is 15.6 Å². The minimum absolute atomic E-state index is 0.284. The van der Waals surface area contributed by atoms with Crippen molar-refractivity contribution in [2.75, 3.05) is 24.3 Å². The van der Waals surface area contributed by atoms with Crippen molar-refractivity contribution >= 4 is 28.9 Å². The number of carbonyl (C=O) groups is 1. The van der Waals surface area contributed by atoms with Crippen molar-refractivity contribution in [2.45, 2.75) is 13.3 Å². The fraction of sp³-hybridized carbons (Fsp3) is 0.182. The van der Waals surface area contributed by atoms with Crippen LogP contribution in [-0.4, -0.2) is 24.5 Å². The van der Waals surface area contributed by atoms with Gasteiger partial charge in [-0.05, 0) is 54.8 Å². The lowest BCUT2D eigenvalue weighted by atomic mass is 10.1. The first-order chi connectivity index (χ1) is 13.6. The number of nitrogens with one attached hydrogen (secondary N) is 2. The topological polar surface area (TPSA) is 63.2 Å². The maximum atomic E-state index is 12.5. The van der Waals surface area contributed by atoms with Gasteiger partial charge < -0.3 is 15.4 Å². The second kappa shape index (κ2) is 9.24. The molecule has 3 aromatic rings. The molecule has 0 radical (unpaired) electrons. The Labute approximate surface area is 169 Å². The number of hydrogen-bond acceptors (Lipinski definition) is 4. The Morgan fingerprint density at radius 1 is 1.11 bits per heavy atom. The third kappa shape index (κ3) is 5.02. The monoisotopic (exact) mass is 395 g/mol. The van der Waals surface area contributed by atoms with Gasteiger partial charge in [0.25, 0.3) is 5.91 Å². The number of aryl methyl sites for hydroxylation is 1. The quantitative estimate of drug-likeness (QED) is 0.593. The number of hydrogen-bond donors (Lipinski definition) is 2. The molecule has 6 heteroatoms. The van der Waals surface area contributed by atoms with Crippen molar-refractivity contribution in [1.82, 2.24) is 4.98 Å². The van der Waals surface area contributed by atoms with Gasteiger partial charge in [-0.3, -0.25) is 9.78 Å². The second-order valence-electron chi connectivity index (χ2n) is 6.34. The number of aromatic nitrogens is 1. The van der Waals surface area contributed by atoms with Crippen LogP contribution in [0, 0.1) is 6.92 Å². The number of methoxy groups -OCH3 is 1. The van der Waals surface area contributed by atoms with E-state index in [0.717, 1.165) is 29.0 Å². The molecular weight excluding hydrogens is 374 g/mol. The molecule has 1 aromatic heterocycles. The molecule has 5 nitrogen and oxygen atoms in total. The van der Waals surface area contributed by atoms with Gasteiger partial charge in [0.05, 0.1) is 7.11 Å². The highest BCUT2D eigenvalue weighted by Gasteiger charge is 2.09. The highest BCUT2D eigenvalue weighted by Crippen LogP contribution is 2.21. The zero-order valence-electron chi connectivity index (χ0n) is 15.8. The van der Waals surface area contributed by atoms with Crippen LogP contribution in [0.1, 0.15) is 21.6 Å². The summed E-state index contributed by atoms with van der Waals surface area (Å²) >= 11 is 6.11. The molecule has 0 aliphatic heterocycles. The molecule has 0 aliphatic carbocycles. The summed E-state index contributed by atoms with van der Waals surface area (Å²) in [5.74, 6) is 0.587. The molecule has 2 N–H and O–H groups in total. The van der Waals surface area contributed by atoms with Crippen LogP contribution < -0.4 is 15.4 Å². The largest absolute Gasteiger partial charge is 0.496 e. The number of pyridine rings is 1. The first kappa shape index (κ1) is 19.7. The fourth-order valence-corrected chi connectivity index (χ4v) is 2.96. The predicted molar refractivity (Wildman–Crippen MR) is 114 cm³/mol. The molecule has 0 fully saturated rings. The van der Waals surface area contributed by atoms with Gasteiger partial charge in [0, 0.05) is 29.1 Å². The Hall–Kier alpha value is -3.05. The molecule has 144 valence electrons. The molecule has 0 spiro atoms. The number of benzene rings is 2. The zero-order chi connectivity index (χ0) is 19.9. The molecule has 2 aromatic carbocycles. The van der Waals surface area contributed by atoms with Crippen LogP contribution in [0.2, 0.25) is 5.02 Å². The van der Waals surface area contributed by atoms with E-state index in [9.17, 15) is 4.79 Å². The van der Waals surface area contributed by atoms with Crippen molar-refractivity contribution in [3.63, 3.8) is 0 Å². The SMILES string of the molecule is COc1ccccc1CCNc1ccnc(C(=O)Nc2ccc(C)c(Cl)c2)c1. The summed E-state index contributed by atoms with van der Waals surface area (Å²) in [5, 5.41) is 6.75. The Bertz CT molecular complexity index is 976. The third-order valence-corrected chi connectivity index (χ3v) is 4.75. The van der Waals surface area contributed by atoms with Crippen molar-refractivity contribution in [3.05, 3.63) is 82.6 Å². The Balaban J connectivity index is 1.61. The number of rotatable bonds is 7. The minimum Gasteiger partial charge on any atom is -0.496 e. The number of carbonyl (C=O) groups excluding carboxylic acids is 1. The van der Waals surface area contributed by atoms with Gasteiger partial charge in [0.15, 0.2) is 0 Å². The summed E-state index contributed by atoms with van der Waals surface area (Å²) in [7, 11) is 1.67. The van der Waals surface area contributed by atoms with E-state index in [0.29, 0.717) is 22.9 Å². The van der Waals surface area contributed by atoms with Gasteiger partial charge in [-0.25, -0.2) is 0 Å². The van der Waals surface area contributed by atoms with Crippen LogP contribution >= 0.6 is 11.6 Å². The summed E-state index contributed by atoms with van der Waals surface area (Å²) in [6.07, 6.45) is 2.41. The van der Waals surface area contributed by atoms with E-state index < -0.39 is 0 Å². The summed E-state index contributed by atoms with van der Waals surface area (Å²) in [5.41, 5.74) is 3.88. The van der Waals surface area contributed by atoms with Crippen molar-refractivity contribution in [1.29, 1.82) is 0 Å². The molecule has 0 saturated carbocycles.